The minimum Gasteiger partial charge on any atom is -0.459 e. The Morgan fingerprint density at radius 3 is 2.43 bits per heavy atom. The average molecular weight is 282 g/mol. The maximum atomic E-state index is 11.8. The number of nitrogens with zero attached hydrogens (tertiary/aromatic N) is 1. The fraction of sp³-hybridized carbons (Fsp3) is 0.176. The van der Waals surface area contributed by atoms with Gasteiger partial charge in [0.15, 0.2) is 0 Å². The van der Waals surface area contributed by atoms with Gasteiger partial charge in [0, 0.05) is 5.56 Å². The molecule has 21 heavy (non-hydrogen) atoms. The lowest BCUT2D eigenvalue weighted by Gasteiger charge is -2.09. The quantitative estimate of drug-likeness (QED) is 0.405. The lowest BCUT2D eigenvalue weighted by atomic mass is 9.99. The van der Waals surface area contributed by atoms with E-state index in [0.717, 1.165) is 16.7 Å². The first kappa shape index (κ1) is 14.8. The van der Waals surface area contributed by atoms with Gasteiger partial charge in [-0.25, -0.2) is 4.79 Å². The first-order valence-corrected chi connectivity index (χ1v) is 6.75. The van der Waals surface area contributed by atoms with Crippen LogP contribution in [-0.4, -0.2) is 18.3 Å². The molecule has 0 unspecified atom stereocenters. The van der Waals surface area contributed by atoms with Crippen molar-refractivity contribution >= 4 is 12.2 Å². The number of esters is 1. The van der Waals surface area contributed by atoms with Crippen LogP contribution in [0.15, 0.2) is 53.6 Å². The zero-order valence-electron chi connectivity index (χ0n) is 12.1. The maximum Gasteiger partial charge on any atom is 0.338 e. The summed E-state index contributed by atoms with van der Waals surface area (Å²) >= 11 is 0. The summed E-state index contributed by atoms with van der Waals surface area (Å²) < 4.78 is 5.17. The molecule has 2 rings (SSSR count). The van der Waals surface area contributed by atoms with E-state index in [2.05, 4.69) is 5.10 Å². The number of benzene rings is 2. The summed E-state index contributed by atoms with van der Waals surface area (Å²) in [6.45, 7) is 3.66. The molecule has 2 aromatic carbocycles. The third-order valence-electron chi connectivity index (χ3n) is 2.95. The van der Waals surface area contributed by atoms with Gasteiger partial charge < -0.3 is 10.6 Å². The summed E-state index contributed by atoms with van der Waals surface area (Å²) in [6.07, 6.45) is 1.48. The summed E-state index contributed by atoms with van der Waals surface area (Å²) in [6, 6.07) is 15.1. The fourth-order valence-corrected chi connectivity index (χ4v) is 2.02. The Morgan fingerprint density at radius 2 is 1.81 bits per heavy atom. The largest absolute Gasteiger partial charge is 0.459 e. The van der Waals surface area contributed by atoms with Crippen molar-refractivity contribution in [1.82, 2.24) is 0 Å². The number of hydrogen-bond donors (Lipinski definition) is 1. The van der Waals surface area contributed by atoms with Gasteiger partial charge in [0.05, 0.1) is 17.9 Å². The zero-order chi connectivity index (χ0) is 15.2. The number of ether oxygens (including phenoxy) is 1. The van der Waals surface area contributed by atoms with Gasteiger partial charge in [-0.1, -0.05) is 36.4 Å². The van der Waals surface area contributed by atoms with E-state index in [4.69, 9.17) is 10.6 Å². The molecule has 0 fully saturated rings. The fourth-order valence-electron chi connectivity index (χ4n) is 2.02. The molecular formula is C17H18N2O2. The van der Waals surface area contributed by atoms with E-state index in [0.29, 0.717) is 5.56 Å². The van der Waals surface area contributed by atoms with Crippen molar-refractivity contribution in [2.24, 2.45) is 10.9 Å². The molecule has 0 aliphatic carbocycles. The number of carbonyl (C=O) groups is 1. The standard InChI is InChI=1S/C17H18N2O2/c1-12(2)21-17(20)14-9-7-13(8-10-14)16-6-4-3-5-15(16)11-19-18/h3-12H,18H2,1-2H3. The third kappa shape index (κ3) is 3.69. The molecule has 4 heteroatoms. The van der Waals surface area contributed by atoms with Crippen LogP contribution in [0.25, 0.3) is 11.1 Å². The zero-order valence-corrected chi connectivity index (χ0v) is 12.1. The van der Waals surface area contributed by atoms with Crippen LogP contribution in [0, 0.1) is 0 Å². The average Bonchev–Trinajstić information content (AvgIpc) is 2.48. The van der Waals surface area contributed by atoms with E-state index in [-0.39, 0.29) is 12.1 Å². The molecule has 4 nitrogen and oxygen atoms in total. The second kappa shape index (κ2) is 6.70. The molecule has 0 heterocycles. The van der Waals surface area contributed by atoms with Crippen molar-refractivity contribution in [2.75, 3.05) is 0 Å². The molecule has 108 valence electrons. The van der Waals surface area contributed by atoms with Gasteiger partial charge in [-0.3, -0.25) is 0 Å². The highest BCUT2D eigenvalue weighted by molar-refractivity contribution is 5.92. The summed E-state index contributed by atoms with van der Waals surface area (Å²) in [7, 11) is 0. The van der Waals surface area contributed by atoms with Crippen LogP contribution in [0.4, 0.5) is 0 Å². The molecule has 0 bridgehead atoms. The van der Waals surface area contributed by atoms with E-state index >= 15 is 0 Å². The Labute approximate surface area is 124 Å². The summed E-state index contributed by atoms with van der Waals surface area (Å²) in [4.78, 5) is 11.8. The molecular weight excluding hydrogens is 264 g/mol. The Bertz CT molecular complexity index is 646. The second-order valence-electron chi connectivity index (χ2n) is 4.90. The van der Waals surface area contributed by atoms with Crippen LogP contribution in [-0.2, 0) is 4.74 Å². The summed E-state index contributed by atoms with van der Waals surface area (Å²) in [5.74, 6) is 4.91. The molecule has 0 saturated heterocycles. The van der Waals surface area contributed by atoms with E-state index in [1.807, 2.05) is 50.2 Å². The van der Waals surface area contributed by atoms with Crippen LogP contribution in [0.1, 0.15) is 29.8 Å². The Hall–Kier alpha value is -2.62. The number of hydrogen-bond acceptors (Lipinski definition) is 4. The van der Waals surface area contributed by atoms with E-state index in [1.165, 1.54) is 0 Å². The van der Waals surface area contributed by atoms with Crippen LogP contribution >= 0.6 is 0 Å². The molecule has 0 atom stereocenters. The lowest BCUT2D eigenvalue weighted by molar-refractivity contribution is 0.0378. The molecule has 0 aromatic heterocycles. The van der Waals surface area contributed by atoms with E-state index in [9.17, 15) is 4.79 Å². The maximum absolute atomic E-state index is 11.8. The third-order valence-corrected chi connectivity index (χ3v) is 2.95. The lowest BCUT2D eigenvalue weighted by Crippen LogP contribution is -2.11. The number of hydrazone groups is 1. The van der Waals surface area contributed by atoms with Crippen molar-refractivity contribution in [2.45, 2.75) is 20.0 Å². The van der Waals surface area contributed by atoms with E-state index in [1.54, 1.807) is 18.3 Å². The number of rotatable bonds is 4. The van der Waals surface area contributed by atoms with Gasteiger partial charge in [-0.15, -0.1) is 0 Å². The highest BCUT2D eigenvalue weighted by atomic mass is 16.5. The minimum atomic E-state index is -0.312. The highest BCUT2D eigenvalue weighted by Gasteiger charge is 2.10. The van der Waals surface area contributed by atoms with Gasteiger partial charge in [0.25, 0.3) is 0 Å². The summed E-state index contributed by atoms with van der Waals surface area (Å²) in [5.41, 5.74) is 3.47. The Morgan fingerprint density at radius 1 is 1.14 bits per heavy atom. The normalized spacial score (nSPS) is 11.0. The van der Waals surface area contributed by atoms with Crippen LogP contribution < -0.4 is 5.84 Å². The molecule has 0 saturated carbocycles. The number of nitrogens with two attached hydrogens (primary N) is 1. The number of carbonyl (C=O) groups excluding carboxylic acids is 1. The van der Waals surface area contributed by atoms with Gasteiger partial charge >= 0.3 is 5.97 Å². The molecule has 0 aliphatic heterocycles. The van der Waals surface area contributed by atoms with Gasteiger partial charge in [0.1, 0.15) is 0 Å². The highest BCUT2D eigenvalue weighted by Crippen LogP contribution is 2.23. The monoisotopic (exact) mass is 282 g/mol. The molecule has 0 spiro atoms. The predicted octanol–water partition coefficient (Wildman–Crippen LogP) is 3.21. The Kier molecular flexibility index (Phi) is 4.72. The predicted molar refractivity (Wildman–Crippen MR) is 84.2 cm³/mol. The van der Waals surface area contributed by atoms with Crippen molar-refractivity contribution in [1.29, 1.82) is 0 Å². The topological polar surface area (TPSA) is 64.7 Å². The molecule has 0 aliphatic rings. The van der Waals surface area contributed by atoms with Crippen molar-refractivity contribution in [3.8, 4) is 11.1 Å². The minimum absolute atomic E-state index is 0.126. The smallest absolute Gasteiger partial charge is 0.338 e. The SMILES string of the molecule is CC(C)OC(=O)c1ccc(-c2ccccc2C=NN)cc1. The van der Waals surface area contributed by atoms with Gasteiger partial charge in [0.2, 0.25) is 0 Å². The van der Waals surface area contributed by atoms with Gasteiger partial charge in [-0.05, 0) is 37.1 Å². The second-order valence-corrected chi connectivity index (χ2v) is 4.90. The van der Waals surface area contributed by atoms with E-state index < -0.39 is 0 Å². The molecule has 0 radical (unpaired) electrons. The first-order valence-electron chi connectivity index (χ1n) is 6.75. The van der Waals surface area contributed by atoms with Crippen LogP contribution in [0.5, 0.6) is 0 Å². The Balaban J connectivity index is 2.29. The van der Waals surface area contributed by atoms with Crippen LogP contribution in [0.3, 0.4) is 0 Å². The summed E-state index contributed by atoms with van der Waals surface area (Å²) in [5, 5.41) is 3.57. The van der Waals surface area contributed by atoms with Crippen molar-refractivity contribution < 1.29 is 9.53 Å². The molecule has 0 amide bonds. The molecule has 2 N–H and O–H groups in total. The van der Waals surface area contributed by atoms with Crippen molar-refractivity contribution in [3.63, 3.8) is 0 Å². The molecule has 2 aromatic rings. The van der Waals surface area contributed by atoms with Crippen LogP contribution in [0.2, 0.25) is 0 Å². The van der Waals surface area contributed by atoms with Gasteiger partial charge in [-0.2, -0.15) is 5.10 Å². The first-order chi connectivity index (χ1) is 10.1. The van der Waals surface area contributed by atoms with Crippen molar-refractivity contribution in [3.05, 3.63) is 59.7 Å².